The molecule has 0 aliphatic heterocycles. The number of carbonyl (C=O) groups excluding carboxylic acids is 1. The Bertz CT molecular complexity index is 1050. The molecule has 25 heavy (non-hydrogen) atoms. The maximum Gasteiger partial charge on any atom is 0.246 e. The van der Waals surface area contributed by atoms with Gasteiger partial charge in [-0.05, 0) is 32.2 Å². The van der Waals surface area contributed by atoms with Gasteiger partial charge in [0.05, 0.1) is 0 Å². The highest BCUT2D eigenvalue weighted by Gasteiger charge is 2.19. The van der Waals surface area contributed by atoms with E-state index in [1.165, 1.54) is 4.68 Å². The van der Waals surface area contributed by atoms with E-state index >= 15 is 0 Å². The Morgan fingerprint density at radius 1 is 1.16 bits per heavy atom. The van der Waals surface area contributed by atoms with Gasteiger partial charge in [-0.1, -0.05) is 36.4 Å². The molecule has 0 bridgehead atoms. The van der Waals surface area contributed by atoms with E-state index in [0.29, 0.717) is 5.69 Å². The standard InChI is InChI=1S/C15H12N8O2/c16-14-13(19-25-20-14)15-18-21-22-23(15)8-12(24)17-11-7-3-5-9-4-1-2-6-10(9)11/h1-7H,8H2,(H2,16,20)(H,17,24). The number of nitrogens with two attached hydrogens (primary N) is 1. The third-order valence-electron chi connectivity index (χ3n) is 3.61. The molecule has 0 saturated carbocycles. The number of nitrogens with one attached hydrogen (secondary N) is 1. The number of carbonyl (C=O) groups is 1. The van der Waals surface area contributed by atoms with Crippen LogP contribution in [0.1, 0.15) is 0 Å². The number of amides is 1. The predicted octanol–water partition coefficient (Wildman–Crippen LogP) is 1.10. The Morgan fingerprint density at radius 3 is 2.84 bits per heavy atom. The minimum absolute atomic E-state index is 0.0468. The van der Waals surface area contributed by atoms with E-state index in [1.807, 2.05) is 42.5 Å². The van der Waals surface area contributed by atoms with Crippen molar-refractivity contribution in [3.05, 3.63) is 42.5 Å². The zero-order valence-electron chi connectivity index (χ0n) is 12.8. The van der Waals surface area contributed by atoms with Crippen molar-refractivity contribution in [3.8, 4) is 11.5 Å². The molecule has 2 aromatic carbocycles. The number of aromatic nitrogens is 6. The fourth-order valence-corrected chi connectivity index (χ4v) is 2.49. The lowest BCUT2D eigenvalue weighted by Gasteiger charge is -2.09. The molecule has 0 saturated heterocycles. The summed E-state index contributed by atoms with van der Waals surface area (Å²) in [4.78, 5) is 12.4. The second-order valence-corrected chi connectivity index (χ2v) is 5.23. The maximum absolute atomic E-state index is 12.4. The molecule has 0 fully saturated rings. The first-order chi connectivity index (χ1) is 12.2. The van der Waals surface area contributed by atoms with E-state index < -0.39 is 0 Å². The first-order valence-electron chi connectivity index (χ1n) is 7.34. The van der Waals surface area contributed by atoms with Crippen LogP contribution in [-0.4, -0.2) is 36.4 Å². The van der Waals surface area contributed by atoms with E-state index in [2.05, 4.69) is 35.8 Å². The van der Waals surface area contributed by atoms with Gasteiger partial charge in [-0.2, -0.15) is 0 Å². The molecule has 2 aromatic heterocycles. The second-order valence-electron chi connectivity index (χ2n) is 5.23. The molecule has 0 radical (unpaired) electrons. The lowest BCUT2D eigenvalue weighted by molar-refractivity contribution is -0.116. The van der Waals surface area contributed by atoms with E-state index in [-0.39, 0.29) is 29.8 Å². The van der Waals surface area contributed by atoms with E-state index in [9.17, 15) is 4.79 Å². The average molecular weight is 336 g/mol. The van der Waals surface area contributed by atoms with Gasteiger partial charge in [0.1, 0.15) is 6.54 Å². The van der Waals surface area contributed by atoms with Crippen molar-refractivity contribution >= 4 is 28.2 Å². The second kappa shape index (κ2) is 6.00. The average Bonchev–Trinajstić information content (AvgIpc) is 3.23. The molecule has 4 rings (SSSR count). The fourth-order valence-electron chi connectivity index (χ4n) is 2.49. The van der Waals surface area contributed by atoms with Gasteiger partial charge in [0.15, 0.2) is 11.5 Å². The van der Waals surface area contributed by atoms with Crippen LogP contribution in [0.5, 0.6) is 0 Å². The number of hydrogen-bond donors (Lipinski definition) is 2. The largest absolute Gasteiger partial charge is 0.379 e. The first kappa shape index (κ1) is 14.8. The monoisotopic (exact) mass is 336 g/mol. The smallest absolute Gasteiger partial charge is 0.246 e. The van der Waals surface area contributed by atoms with Crippen LogP contribution in [-0.2, 0) is 11.3 Å². The molecule has 10 heteroatoms. The first-order valence-corrected chi connectivity index (χ1v) is 7.34. The Hall–Kier alpha value is -3.82. The topological polar surface area (TPSA) is 138 Å². The predicted molar refractivity (Wildman–Crippen MR) is 88.1 cm³/mol. The summed E-state index contributed by atoms with van der Waals surface area (Å²) in [5, 5.41) is 23.1. The van der Waals surface area contributed by atoms with E-state index in [0.717, 1.165) is 10.8 Å². The number of fused-ring (bicyclic) bond motifs is 1. The van der Waals surface area contributed by atoms with Crippen LogP contribution >= 0.6 is 0 Å². The molecule has 0 aliphatic rings. The molecule has 0 aliphatic carbocycles. The summed E-state index contributed by atoms with van der Waals surface area (Å²) in [5.41, 5.74) is 6.53. The van der Waals surface area contributed by atoms with Gasteiger partial charge in [-0.15, -0.1) is 5.10 Å². The normalized spacial score (nSPS) is 10.9. The van der Waals surface area contributed by atoms with Crippen LogP contribution in [0.15, 0.2) is 47.1 Å². The Kier molecular flexibility index (Phi) is 3.54. The molecular weight excluding hydrogens is 324 g/mol. The zero-order valence-corrected chi connectivity index (χ0v) is 12.8. The quantitative estimate of drug-likeness (QED) is 0.565. The lowest BCUT2D eigenvalue weighted by atomic mass is 10.1. The summed E-state index contributed by atoms with van der Waals surface area (Å²) in [6, 6.07) is 13.5. The van der Waals surface area contributed by atoms with Gasteiger partial charge < -0.3 is 11.1 Å². The number of hydrogen-bond acceptors (Lipinski definition) is 8. The third-order valence-corrected chi connectivity index (χ3v) is 3.61. The molecule has 1 amide bonds. The van der Waals surface area contributed by atoms with Gasteiger partial charge in [-0.25, -0.2) is 9.31 Å². The molecule has 2 heterocycles. The van der Waals surface area contributed by atoms with Crippen molar-refractivity contribution in [2.24, 2.45) is 0 Å². The minimum Gasteiger partial charge on any atom is -0.379 e. The highest BCUT2D eigenvalue weighted by atomic mass is 16.6. The molecule has 124 valence electrons. The number of nitrogens with zero attached hydrogens (tertiary/aromatic N) is 6. The highest BCUT2D eigenvalue weighted by molar-refractivity contribution is 6.02. The number of nitrogen functional groups attached to an aromatic ring is 1. The number of tetrazole rings is 1. The lowest BCUT2D eigenvalue weighted by Crippen LogP contribution is -2.20. The summed E-state index contributed by atoms with van der Waals surface area (Å²) in [6.45, 7) is -0.113. The molecular formula is C15H12N8O2. The maximum atomic E-state index is 12.4. The number of rotatable bonds is 4. The fraction of sp³-hybridized carbons (Fsp3) is 0.0667. The summed E-state index contributed by atoms with van der Waals surface area (Å²) < 4.78 is 5.81. The Morgan fingerprint density at radius 2 is 2.00 bits per heavy atom. The van der Waals surface area contributed by atoms with Crippen LogP contribution in [0.4, 0.5) is 11.5 Å². The molecule has 0 unspecified atom stereocenters. The van der Waals surface area contributed by atoms with Crippen LogP contribution in [0.3, 0.4) is 0 Å². The molecule has 10 nitrogen and oxygen atoms in total. The summed E-state index contributed by atoms with van der Waals surface area (Å²) in [7, 11) is 0. The third kappa shape index (κ3) is 2.76. The zero-order chi connectivity index (χ0) is 17.2. The Balaban J connectivity index is 1.58. The molecule has 4 aromatic rings. The minimum atomic E-state index is -0.292. The van der Waals surface area contributed by atoms with Gasteiger partial charge in [0.25, 0.3) is 0 Å². The molecule has 0 spiro atoms. The van der Waals surface area contributed by atoms with Crippen molar-refractivity contribution < 1.29 is 9.42 Å². The van der Waals surface area contributed by atoms with Gasteiger partial charge in [-0.3, -0.25) is 4.79 Å². The van der Waals surface area contributed by atoms with Crippen LogP contribution in [0.2, 0.25) is 0 Å². The van der Waals surface area contributed by atoms with Crippen molar-refractivity contribution in [1.29, 1.82) is 0 Å². The van der Waals surface area contributed by atoms with Crippen molar-refractivity contribution in [2.45, 2.75) is 6.54 Å². The van der Waals surface area contributed by atoms with Crippen LogP contribution in [0, 0.1) is 0 Å². The summed E-state index contributed by atoms with van der Waals surface area (Å²) >= 11 is 0. The van der Waals surface area contributed by atoms with Gasteiger partial charge >= 0.3 is 0 Å². The molecule has 3 N–H and O–H groups in total. The van der Waals surface area contributed by atoms with E-state index in [1.54, 1.807) is 0 Å². The van der Waals surface area contributed by atoms with Gasteiger partial charge in [0, 0.05) is 11.1 Å². The van der Waals surface area contributed by atoms with E-state index in [4.69, 9.17) is 5.73 Å². The van der Waals surface area contributed by atoms with Crippen LogP contribution in [0.25, 0.3) is 22.3 Å². The summed E-state index contributed by atoms with van der Waals surface area (Å²) in [5.74, 6) is -0.0442. The Labute approximate surface area is 140 Å². The number of anilines is 2. The van der Waals surface area contributed by atoms with Gasteiger partial charge in [0.2, 0.25) is 11.7 Å². The SMILES string of the molecule is Nc1nonc1-c1nnnn1CC(=O)Nc1cccc2ccccc12. The molecule has 0 atom stereocenters. The van der Waals surface area contributed by atoms with Crippen molar-refractivity contribution in [1.82, 2.24) is 30.5 Å². The van der Waals surface area contributed by atoms with Crippen LogP contribution < -0.4 is 11.1 Å². The van der Waals surface area contributed by atoms with Crippen molar-refractivity contribution in [2.75, 3.05) is 11.1 Å². The summed E-state index contributed by atoms with van der Waals surface area (Å²) in [6.07, 6.45) is 0. The number of benzene rings is 2. The van der Waals surface area contributed by atoms with Crippen molar-refractivity contribution in [3.63, 3.8) is 0 Å². The highest BCUT2D eigenvalue weighted by Crippen LogP contribution is 2.23.